The van der Waals surface area contributed by atoms with Gasteiger partial charge in [0.25, 0.3) is 0 Å². The summed E-state index contributed by atoms with van der Waals surface area (Å²) in [6, 6.07) is 0. The standard InChI is InChI=1S/C8H6N10O2/c9-16-14-6-5-7(13-8(12-6)15-17-10)18(2-11-5)4-1-19-3-20-4/h2,4H,1,3H2/t4-/m1/s1. The Kier molecular flexibility index (Phi) is 3.03. The molecule has 3 rings (SSSR count). The maximum absolute atomic E-state index is 8.53. The van der Waals surface area contributed by atoms with E-state index in [0.29, 0.717) is 12.3 Å². The number of rotatable bonds is 3. The van der Waals surface area contributed by atoms with Crippen LogP contribution in [0.25, 0.3) is 32.0 Å². The van der Waals surface area contributed by atoms with Gasteiger partial charge >= 0.3 is 0 Å². The fourth-order valence-electron chi connectivity index (χ4n) is 1.78. The van der Waals surface area contributed by atoms with Crippen LogP contribution in [0, 0.1) is 0 Å². The zero-order valence-electron chi connectivity index (χ0n) is 9.86. The number of imidazole rings is 1. The van der Waals surface area contributed by atoms with E-state index >= 15 is 0 Å². The van der Waals surface area contributed by atoms with Gasteiger partial charge in [-0.3, -0.25) is 4.57 Å². The van der Waals surface area contributed by atoms with Crippen molar-refractivity contribution in [1.29, 1.82) is 0 Å². The molecule has 0 unspecified atom stereocenters. The van der Waals surface area contributed by atoms with Gasteiger partial charge in [-0.1, -0.05) is 0 Å². The van der Waals surface area contributed by atoms with Crippen LogP contribution >= 0.6 is 0 Å². The SMILES string of the molecule is [N-]=[N+]=Nc1nc(N=[N+]=[N-])c2ncn([C@H]3COCO3)c2n1. The van der Waals surface area contributed by atoms with Crippen LogP contribution in [-0.2, 0) is 9.47 Å². The summed E-state index contributed by atoms with van der Waals surface area (Å²) in [6.45, 7) is 0.505. The Morgan fingerprint density at radius 3 is 2.85 bits per heavy atom. The van der Waals surface area contributed by atoms with E-state index in [9.17, 15) is 0 Å². The molecule has 100 valence electrons. The lowest BCUT2D eigenvalue weighted by atomic mass is 10.5. The monoisotopic (exact) mass is 274 g/mol. The highest BCUT2D eigenvalue weighted by Gasteiger charge is 2.22. The third kappa shape index (κ3) is 1.96. The van der Waals surface area contributed by atoms with Gasteiger partial charge < -0.3 is 9.47 Å². The summed E-state index contributed by atoms with van der Waals surface area (Å²) in [5.41, 5.74) is 17.6. The molecule has 12 heteroatoms. The molecule has 1 fully saturated rings. The number of fused-ring (bicyclic) bond motifs is 1. The molecule has 20 heavy (non-hydrogen) atoms. The van der Waals surface area contributed by atoms with E-state index in [1.807, 2.05) is 0 Å². The maximum atomic E-state index is 8.53. The summed E-state index contributed by atoms with van der Waals surface area (Å²) >= 11 is 0. The van der Waals surface area contributed by atoms with E-state index in [2.05, 4.69) is 35.0 Å². The van der Waals surface area contributed by atoms with Crippen molar-refractivity contribution in [1.82, 2.24) is 19.5 Å². The lowest BCUT2D eigenvalue weighted by Crippen LogP contribution is -2.09. The fourth-order valence-corrected chi connectivity index (χ4v) is 1.78. The summed E-state index contributed by atoms with van der Waals surface area (Å²) < 4.78 is 12.0. The minimum atomic E-state index is -0.396. The minimum Gasteiger partial charge on any atom is -0.351 e. The van der Waals surface area contributed by atoms with Gasteiger partial charge in [0.15, 0.2) is 17.7 Å². The Hall–Kier alpha value is -2.91. The smallest absolute Gasteiger partial charge is 0.219 e. The molecule has 0 amide bonds. The van der Waals surface area contributed by atoms with Gasteiger partial charge in [-0.05, 0) is 21.3 Å². The largest absolute Gasteiger partial charge is 0.351 e. The van der Waals surface area contributed by atoms with Crippen molar-refractivity contribution >= 4 is 22.9 Å². The van der Waals surface area contributed by atoms with E-state index in [-0.39, 0.29) is 24.1 Å². The average Bonchev–Trinajstić information content (AvgIpc) is 3.07. The van der Waals surface area contributed by atoms with Crippen LogP contribution in [0.4, 0.5) is 11.8 Å². The summed E-state index contributed by atoms with van der Waals surface area (Å²) in [4.78, 5) is 17.2. The zero-order chi connectivity index (χ0) is 13.9. The number of aromatic nitrogens is 4. The molecule has 1 saturated heterocycles. The highest BCUT2D eigenvalue weighted by Crippen LogP contribution is 2.28. The number of ether oxygens (including phenoxy) is 2. The van der Waals surface area contributed by atoms with Crippen LogP contribution < -0.4 is 0 Å². The molecule has 2 aromatic heterocycles. The third-order valence-corrected chi connectivity index (χ3v) is 2.58. The van der Waals surface area contributed by atoms with Crippen molar-refractivity contribution in [3.05, 3.63) is 27.2 Å². The number of azide groups is 2. The second-order valence-corrected chi connectivity index (χ2v) is 3.66. The van der Waals surface area contributed by atoms with Crippen LogP contribution in [-0.4, -0.2) is 32.9 Å². The lowest BCUT2D eigenvalue weighted by Gasteiger charge is -2.09. The number of hydrogen-bond acceptors (Lipinski definition) is 7. The predicted octanol–water partition coefficient (Wildman–Crippen LogP) is 2.21. The summed E-state index contributed by atoms with van der Waals surface area (Å²) in [7, 11) is 0. The Morgan fingerprint density at radius 2 is 2.15 bits per heavy atom. The van der Waals surface area contributed by atoms with Crippen LogP contribution in [0.2, 0.25) is 0 Å². The fraction of sp³-hybridized carbons (Fsp3) is 0.375. The van der Waals surface area contributed by atoms with Gasteiger partial charge in [-0.15, -0.1) is 0 Å². The van der Waals surface area contributed by atoms with Gasteiger partial charge in [0, 0.05) is 9.82 Å². The molecule has 2 aromatic rings. The van der Waals surface area contributed by atoms with Crippen molar-refractivity contribution in [2.75, 3.05) is 13.4 Å². The van der Waals surface area contributed by atoms with Crippen molar-refractivity contribution in [3.63, 3.8) is 0 Å². The van der Waals surface area contributed by atoms with E-state index in [1.54, 1.807) is 4.57 Å². The first kappa shape index (κ1) is 12.1. The van der Waals surface area contributed by atoms with Gasteiger partial charge in [-0.25, -0.2) is 15.0 Å². The topological polar surface area (TPSA) is 160 Å². The number of nitrogens with zero attached hydrogens (tertiary/aromatic N) is 10. The third-order valence-electron chi connectivity index (χ3n) is 2.58. The molecule has 0 bridgehead atoms. The summed E-state index contributed by atoms with van der Waals surface area (Å²) in [5, 5.41) is 6.72. The van der Waals surface area contributed by atoms with Gasteiger partial charge in [0.1, 0.15) is 12.3 Å². The Labute approximate surface area is 110 Å². The van der Waals surface area contributed by atoms with Gasteiger partial charge in [0.05, 0.1) is 12.9 Å². The van der Waals surface area contributed by atoms with Crippen LogP contribution in [0.15, 0.2) is 16.6 Å². The lowest BCUT2D eigenvalue weighted by molar-refractivity contribution is 0.0248. The molecule has 0 aliphatic carbocycles. The first-order chi connectivity index (χ1) is 9.83. The molecule has 0 N–H and O–H groups in total. The normalized spacial score (nSPS) is 17.7. The average molecular weight is 274 g/mol. The van der Waals surface area contributed by atoms with Crippen molar-refractivity contribution in [2.24, 2.45) is 10.2 Å². The first-order valence-electron chi connectivity index (χ1n) is 5.37. The Balaban J connectivity index is 2.23. The van der Waals surface area contributed by atoms with Crippen LogP contribution in [0.1, 0.15) is 6.23 Å². The predicted molar refractivity (Wildman–Crippen MR) is 63.9 cm³/mol. The molecular formula is C8H6N10O2. The van der Waals surface area contributed by atoms with E-state index < -0.39 is 6.23 Å². The molecule has 3 heterocycles. The van der Waals surface area contributed by atoms with E-state index in [4.69, 9.17) is 20.5 Å². The molecule has 0 radical (unpaired) electrons. The van der Waals surface area contributed by atoms with Crippen molar-refractivity contribution in [2.45, 2.75) is 6.23 Å². The van der Waals surface area contributed by atoms with Gasteiger partial charge in [0.2, 0.25) is 5.95 Å². The van der Waals surface area contributed by atoms with Crippen LogP contribution in [0.3, 0.4) is 0 Å². The Bertz CT molecular complexity index is 750. The van der Waals surface area contributed by atoms with E-state index in [0.717, 1.165) is 0 Å². The zero-order valence-corrected chi connectivity index (χ0v) is 9.86. The van der Waals surface area contributed by atoms with E-state index in [1.165, 1.54) is 6.33 Å². The molecular weight excluding hydrogens is 268 g/mol. The molecule has 0 spiro atoms. The highest BCUT2D eigenvalue weighted by atomic mass is 16.7. The molecule has 1 atom stereocenters. The molecule has 1 aliphatic heterocycles. The molecule has 1 aliphatic rings. The van der Waals surface area contributed by atoms with Gasteiger partial charge in [-0.2, -0.15) is 0 Å². The van der Waals surface area contributed by atoms with Crippen LogP contribution in [0.5, 0.6) is 0 Å². The second-order valence-electron chi connectivity index (χ2n) is 3.66. The summed E-state index contributed by atoms with van der Waals surface area (Å²) in [5.74, 6) is -0.180. The quantitative estimate of drug-likeness (QED) is 0.475. The maximum Gasteiger partial charge on any atom is 0.219 e. The first-order valence-corrected chi connectivity index (χ1v) is 5.37. The second kappa shape index (κ2) is 4.99. The van der Waals surface area contributed by atoms with Crippen molar-refractivity contribution < 1.29 is 9.47 Å². The number of hydrogen-bond donors (Lipinski definition) is 0. The Morgan fingerprint density at radius 1 is 1.30 bits per heavy atom. The summed E-state index contributed by atoms with van der Waals surface area (Å²) in [6.07, 6.45) is 1.07. The van der Waals surface area contributed by atoms with Crippen molar-refractivity contribution in [3.8, 4) is 0 Å². The highest BCUT2D eigenvalue weighted by molar-refractivity contribution is 5.82. The molecule has 0 aromatic carbocycles. The molecule has 12 nitrogen and oxygen atoms in total. The minimum absolute atomic E-state index is 0.0161. The molecule has 0 saturated carbocycles.